The van der Waals surface area contributed by atoms with Crippen LogP contribution >= 0.6 is 0 Å². The van der Waals surface area contributed by atoms with E-state index in [0.29, 0.717) is 5.69 Å². The van der Waals surface area contributed by atoms with E-state index in [0.717, 1.165) is 10.9 Å². The fourth-order valence-corrected chi connectivity index (χ4v) is 1.92. The number of carboxylic acids is 1. The fourth-order valence-electron chi connectivity index (χ4n) is 1.92. The van der Waals surface area contributed by atoms with E-state index < -0.39 is 5.97 Å². The second-order valence-corrected chi connectivity index (χ2v) is 4.63. The van der Waals surface area contributed by atoms with Gasteiger partial charge >= 0.3 is 5.97 Å². The Balaban J connectivity index is 1.96. The molecule has 3 N–H and O–H groups in total. The number of H-pyrrole nitrogens is 1. The summed E-state index contributed by atoms with van der Waals surface area (Å²) in [5.74, 6) is -1.26. The van der Waals surface area contributed by atoms with Gasteiger partial charge in [0.2, 0.25) is 5.91 Å². The predicted molar refractivity (Wildman–Crippen MR) is 70.8 cm³/mol. The molecule has 0 aliphatic rings. The highest BCUT2D eigenvalue weighted by Crippen LogP contribution is 2.17. The molecule has 1 aromatic carbocycles. The van der Waals surface area contributed by atoms with E-state index in [-0.39, 0.29) is 24.7 Å². The number of anilines is 1. The molecule has 0 saturated heterocycles. The van der Waals surface area contributed by atoms with Gasteiger partial charge in [0, 0.05) is 23.9 Å². The molecule has 1 aromatic heterocycles. The van der Waals surface area contributed by atoms with Crippen LogP contribution < -0.4 is 5.32 Å². The van der Waals surface area contributed by atoms with Crippen molar-refractivity contribution in [3.8, 4) is 0 Å². The smallest absolute Gasteiger partial charge is 0.303 e. The van der Waals surface area contributed by atoms with Gasteiger partial charge in [0.1, 0.15) is 0 Å². The highest BCUT2D eigenvalue weighted by molar-refractivity contribution is 5.93. The maximum atomic E-state index is 11.8. The lowest BCUT2D eigenvalue weighted by molar-refractivity contribution is -0.138. The summed E-state index contributed by atoms with van der Waals surface area (Å²) in [5, 5.41) is 19.0. The average molecular weight is 261 g/mol. The minimum atomic E-state index is -0.889. The van der Waals surface area contributed by atoms with Crippen molar-refractivity contribution in [2.75, 3.05) is 5.32 Å². The third-order valence-electron chi connectivity index (χ3n) is 2.78. The van der Waals surface area contributed by atoms with E-state index in [9.17, 15) is 9.59 Å². The zero-order valence-electron chi connectivity index (χ0n) is 10.5. The van der Waals surface area contributed by atoms with Crippen molar-refractivity contribution in [2.24, 2.45) is 5.92 Å². The van der Waals surface area contributed by atoms with Crippen molar-refractivity contribution < 1.29 is 14.7 Å². The van der Waals surface area contributed by atoms with Crippen LogP contribution in [0.3, 0.4) is 0 Å². The zero-order valence-corrected chi connectivity index (χ0v) is 10.5. The maximum absolute atomic E-state index is 11.8. The molecule has 100 valence electrons. The summed E-state index contributed by atoms with van der Waals surface area (Å²) in [6, 6.07) is 5.43. The van der Waals surface area contributed by atoms with Gasteiger partial charge in [-0.15, -0.1) is 0 Å². The third-order valence-corrected chi connectivity index (χ3v) is 2.78. The van der Waals surface area contributed by atoms with Crippen molar-refractivity contribution in [2.45, 2.75) is 19.8 Å². The summed E-state index contributed by atoms with van der Waals surface area (Å²) in [6.45, 7) is 1.74. The number of rotatable bonds is 5. The average Bonchev–Trinajstić information content (AvgIpc) is 2.74. The Labute approximate surface area is 109 Å². The Morgan fingerprint density at radius 1 is 1.42 bits per heavy atom. The van der Waals surface area contributed by atoms with E-state index in [4.69, 9.17) is 5.11 Å². The normalized spacial score (nSPS) is 12.3. The van der Waals surface area contributed by atoms with Crippen LogP contribution in [0.1, 0.15) is 19.8 Å². The zero-order chi connectivity index (χ0) is 13.8. The van der Waals surface area contributed by atoms with Gasteiger partial charge in [-0.1, -0.05) is 6.92 Å². The van der Waals surface area contributed by atoms with Crippen molar-refractivity contribution in [3.63, 3.8) is 0 Å². The molecule has 0 saturated carbocycles. The van der Waals surface area contributed by atoms with Crippen molar-refractivity contribution in [1.82, 2.24) is 10.2 Å². The molecule has 0 fully saturated rings. The number of hydrogen-bond donors (Lipinski definition) is 3. The summed E-state index contributed by atoms with van der Waals surface area (Å²) in [6.07, 6.45) is 1.86. The molecule has 6 heteroatoms. The molecule has 0 bridgehead atoms. The van der Waals surface area contributed by atoms with Crippen LogP contribution in [0.2, 0.25) is 0 Å². The molecule has 1 amide bonds. The summed E-state index contributed by atoms with van der Waals surface area (Å²) < 4.78 is 0. The molecular formula is C13H15N3O3. The standard InChI is InChI=1S/C13H15N3O3/c1-8(5-13(18)19)4-12(17)15-10-2-3-11-9(6-10)7-14-16-11/h2-3,6-8H,4-5H2,1H3,(H,14,16)(H,15,17)(H,18,19). The lowest BCUT2D eigenvalue weighted by Gasteiger charge is -2.09. The molecule has 1 unspecified atom stereocenters. The number of carboxylic acid groups (broad SMARTS) is 1. The van der Waals surface area contributed by atoms with E-state index >= 15 is 0 Å². The number of hydrogen-bond acceptors (Lipinski definition) is 3. The lowest BCUT2D eigenvalue weighted by atomic mass is 10.0. The lowest BCUT2D eigenvalue weighted by Crippen LogP contribution is -2.16. The Morgan fingerprint density at radius 2 is 2.21 bits per heavy atom. The molecular weight excluding hydrogens is 246 g/mol. The third kappa shape index (κ3) is 3.54. The number of nitrogens with zero attached hydrogens (tertiary/aromatic N) is 1. The second-order valence-electron chi connectivity index (χ2n) is 4.63. The van der Waals surface area contributed by atoms with Gasteiger partial charge in [-0.3, -0.25) is 14.7 Å². The number of aliphatic carboxylic acids is 1. The Hall–Kier alpha value is -2.37. The largest absolute Gasteiger partial charge is 0.481 e. The molecule has 0 spiro atoms. The second kappa shape index (κ2) is 5.51. The van der Waals surface area contributed by atoms with Gasteiger partial charge in [0.25, 0.3) is 0 Å². The molecule has 19 heavy (non-hydrogen) atoms. The van der Waals surface area contributed by atoms with Crippen LogP contribution in [0.25, 0.3) is 10.9 Å². The summed E-state index contributed by atoms with van der Waals surface area (Å²) in [4.78, 5) is 22.3. The molecule has 2 rings (SSSR count). The van der Waals surface area contributed by atoms with Crippen molar-refractivity contribution in [3.05, 3.63) is 24.4 Å². The van der Waals surface area contributed by atoms with Crippen LogP contribution in [0.4, 0.5) is 5.69 Å². The number of amides is 1. The van der Waals surface area contributed by atoms with Crippen LogP contribution in [0.15, 0.2) is 24.4 Å². The minimum absolute atomic E-state index is 0.00577. The van der Waals surface area contributed by atoms with Crippen molar-refractivity contribution in [1.29, 1.82) is 0 Å². The van der Waals surface area contributed by atoms with Gasteiger partial charge in [0.05, 0.1) is 11.7 Å². The molecule has 1 heterocycles. The van der Waals surface area contributed by atoms with Gasteiger partial charge in [-0.05, 0) is 24.1 Å². The Morgan fingerprint density at radius 3 is 2.95 bits per heavy atom. The molecule has 2 aromatic rings. The number of fused-ring (bicyclic) bond motifs is 1. The number of carbonyl (C=O) groups excluding carboxylic acids is 1. The monoisotopic (exact) mass is 261 g/mol. The van der Waals surface area contributed by atoms with Gasteiger partial charge in [0.15, 0.2) is 0 Å². The first kappa shape index (κ1) is 13.1. The van der Waals surface area contributed by atoms with E-state index in [2.05, 4.69) is 15.5 Å². The van der Waals surface area contributed by atoms with Gasteiger partial charge in [-0.2, -0.15) is 5.10 Å². The summed E-state index contributed by atoms with van der Waals surface area (Å²) in [7, 11) is 0. The number of aromatic nitrogens is 2. The number of aromatic amines is 1. The first-order chi connectivity index (χ1) is 9.04. The van der Waals surface area contributed by atoms with E-state index in [1.807, 2.05) is 12.1 Å². The Bertz CT molecular complexity index is 606. The highest BCUT2D eigenvalue weighted by atomic mass is 16.4. The predicted octanol–water partition coefficient (Wildman–Crippen LogP) is 2.00. The SMILES string of the molecule is CC(CC(=O)O)CC(=O)Nc1ccc2[nH]ncc2c1. The first-order valence-electron chi connectivity index (χ1n) is 5.99. The number of nitrogens with one attached hydrogen (secondary N) is 2. The van der Waals surface area contributed by atoms with Gasteiger partial charge in [-0.25, -0.2) is 0 Å². The molecule has 0 radical (unpaired) electrons. The summed E-state index contributed by atoms with van der Waals surface area (Å²) in [5.41, 5.74) is 1.58. The molecule has 0 aliphatic heterocycles. The van der Waals surface area contributed by atoms with Crippen LogP contribution in [0.5, 0.6) is 0 Å². The van der Waals surface area contributed by atoms with E-state index in [1.54, 1.807) is 19.2 Å². The van der Waals surface area contributed by atoms with Gasteiger partial charge < -0.3 is 10.4 Å². The molecule has 0 aliphatic carbocycles. The highest BCUT2D eigenvalue weighted by Gasteiger charge is 2.12. The van der Waals surface area contributed by atoms with Crippen LogP contribution in [-0.2, 0) is 9.59 Å². The van der Waals surface area contributed by atoms with Crippen LogP contribution in [0, 0.1) is 5.92 Å². The minimum Gasteiger partial charge on any atom is -0.481 e. The number of carbonyl (C=O) groups is 2. The van der Waals surface area contributed by atoms with Crippen molar-refractivity contribution >= 4 is 28.5 Å². The number of benzene rings is 1. The fraction of sp³-hybridized carbons (Fsp3) is 0.308. The topological polar surface area (TPSA) is 95.1 Å². The summed E-state index contributed by atoms with van der Waals surface area (Å²) >= 11 is 0. The van der Waals surface area contributed by atoms with Crippen LogP contribution in [-0.4, -0.2) is 27.2 Å². The first-order valence-corrected chi connectivity index (χ1v) is 5.99. The quantitative estimate of drug-likeness (QED) is 0.767. The molecule has 1 atom stereocenters. The molecule has 6 nitrogen and oxygen atoms in total. The Kier molecular flexibility index (Phi) is 3.79. The maximum Gasteiger partial charge on any atom is 0.303 e. The van der Waals surface area contributed by atoms with E-state index in [1.165, 1.54) is 0 Å².